The second-order valence-corrected chi connectivity index (χ2v) is 6.54. The average molecular weight is 357 g/mol. The summed E-state index contributed by atoms with van der Waals surface area (Å²) in [5, 5.41) is 8.79. The highest BCUT2D eigenvalue weighted by atomic mass is 16.5. The SMILES string of the molecule is N#Cc1ccc(OCC(=O)N2CCC[C@H](C(=O)N3CCOCC3)C2)cc1. The number of morpholine rings is 1. The molecule has 1 aromatic rings. The molecule has 2 fully saturated rings. The number of carbonyl (C=O) groups is 2. The molecule has 0 saturated carbocycles. The Bertz CT molecular complexity index is 677. The van der Waals surface area contributed by atoms with E-state index in [9.17, 15) is 9.59 Å². The Hall–Kier alpha value is -2.59. The Kier molecular flexibility index (Phi) is 6.08. The van der Waals surface area contributed by atoms with E-state index in [2.05, 4.69) is 0 Å². The molecule has 2 amide bonds. The van der Waals surface area contributed by atoms with E-state index in [1.54, 1.807) is 29.2 Å². The van der Waals surface area contributed by atoms with Crippen molar-refractivity contribution in [3.05, 3.63) is 29.8 Å². The number of hydrogen-bond donors (Lipinski definition) is 0. The zero-order valence-electron chi connectivity index (χ0n) is 14.7. The Morgan fingerprint density at radius 3 is 2.58 bits per heavy atom. The van der Waals surface area contributed by atoms with Crippen LogP contribution in [0.2, 0.25) is 0 Å². The monoisotopic (exact) mass is 357 g/mol. The standard InChI is InChI=1S/C19H23N3O4/c20-12-15-3-5-17(6-4-15)26-14-18(23)22-7-1-2-16(13-22)19(24)21-8-10-25-11-9-21/h3-6,16H,1-2,7-11,13-14H2/t16-/m0/s1. The molecule has 0 spiro atoms. The van der Waals surface area contributed by atoms with Crippen LogP contribution in [-0.4, -0.2) is 67.6 Å². The zero-order valence-corrected chi connectivity index (χ0v) is 14.7. The van der Waals surface area contributed by atoms with Crippen molar-refractivity contribution >= 4 is 11.8 Å². The van der Waals surface area contributed by atoms with Gasteiger partial charge in [-0.05, 0) is 37.1 Å². The maximum atomic E-state index is 12.6. The molecule has 0 N–H and O–H groups in total. The van der Waals surface area contributed by atoms with E-state index in [1.165, 1.54) is 0 Å². The predicted molar refractivity (Wildman–Crippen MR) is 93.4 cm³/mol. The lowest BCUT2D eigenvalue weighted by atomic mass is 9.96. The first kappa shape index (κ1) is 18.2. The van der Waals surface area contributed by atoms with Crippen LogP contribution in [0.3, 0.4) is 0 Å². The van der Waals surface area contributed by atoms with Gasteiger partial charge in [0.2, 0.25) is 5.91 Å². The number of nitriles is 1. The largest absolute Gasteiger partial charge is 0.484 e. The number of rotatable bonds is 4. The lowest BCUT2D eigenvalue weighted by Crippen LogP contribution is -2.50. The van der Waals surface area contributed by atoms with Crippen molar-refractivity contribution in [2.24, 2.45) is 5.92 Å². The molecule has 1 aromatic carbocycles. The first-order chi connectivity index (χ1) is 12.7. The molecule has 3 rings (SSSR count). The molecule has 1 atom stereocenters. The number of ether oxygens (including phenoxy) is 2. The molecule has 7 heteroatoms. The summed E-state index contributed by atoms with van der Waals surface area (Å²) in [7, 11) is 0. The van der Waals surface area contributed by atoms with Crippen molar-refractivity contribution in [1.82, 2.24) is 9.80 Å². The maximum absolute atomic E-state index is 12.6. The van der Waals surface area contributed by atoms with Gasteiger partial charge in [-0.3, -0.25) is 9.59 Å². The number of likely N-dealkylation sites (tertiary alicyclic amines) is 1. The lowest BCUT2D eigenvalue weighted by Gasteiger charge is -2.36. The van der Waals surface area contributed by atoms with Gasteiger partial charge in [0.1, 0.15) is 5.75 Å². The Balaban J connectivity index is 1.50. The van der Waals surface area contributed by atoms with Crippen molar-refractivity contribution in [2.45, 2.75) is 12.8 Å². The summed E-state index contributed by atoms with van der Waals surface area (Å²) in [5.41, 5.74) is 0.546. The first-order valence-electron chi connectivity index (χ1n) is 8.94. The number of nitrogens with zero attached hydrogens (tertiary/aromatic N) is 3. The van der Waals surface area contributed by atoms with Crippen molar-refractivity contribution < 1.29 is 19.1 Å². The summed E-state index contributed by atoms with van der Waals surface area (Å²) in [5.74, 6) is 0.420. The molecule has 7 nitrogen and oxygen atoms in total. The Morgan fingerprint density at radius 2 is 1.88 bits per heavy atom. The molecule has 2 aliphatic rings. The third-order valence-corrected chi connectivity index (χ3v) is 4.79. The molecule has 0 bridgehead atoms. The van der Waals surface area contributed by atoms with Crippen LogP contribution in [0.4, 0.5) is 0 Å². The number of benzene rings is 1. The normalized spacial score (nSPS) is 20.3. The van der Waals surface area contributed by atoms with Gasteiger partial charge in [0.15, 0.2) is 6.61 Å². The second-order valence-electron chi connectivity index (χ2n) is 6.54. The van der Waals surface area contributed by atoms with Gasteiger partial charge in [-0.15, -0.1) is 0 Å². The Morgan fingerprint density at radius 1 is 1.15 bits per heavy atom. The van der Waals surface area contributed by atoms with E-state index < -0.39 is 0 Å². The highest BCUT2D eigenvalue weighted by molar-refractivity contribution is 5.82. The summed E-state index contributed by atoms with van der Waals surface area (Å²) >= 11 is 0. The third kappa shape index (κ3) is 4.52. The van der Waals surface area contributed by atoms with Crippen LogP contribution in [0.1, 0.15) is 18.4 Å². The van der Waals surface area contributed by atoms with Gasteiger partial charge >= 0.3 is 0 Å². The van der Waals surface area contributed by atoms with Crippen LogP contribution >= 0.6 is 0 Å². The zero-order chi connectivity index (χ0) is 18.4. The number of amides is 2. The Labute approximate surface area is 153 Å². The minimum Gasteiger partial charge on any atom is -0.484 e. The summed E-state index contributed by atoms with van der Waals surface area (Å²) in [4.78, 5) is 28.6. The molecule has 0 aromatic heterocycles. The van der Waals surface area contributed by atoms with E-state index >= 15 is 0 Å². The molecule has 0 unspecified atom stereocenters. The fourth-order valence-corrected chi connectivity index (χ4v) is 3.31. The predicted octanol–water partition coefficient (Wildman–Crippen LogP) is 1.03. The van der Waals surface area contributed by atoms with Crippen molar-refractivity contribution in [3.63, 3.8) is 0 Å². The fraction of sp³-hybridized carbons (Fsp3) is 0.526. The summed E-state index contributed by atoms with van der Waals surface area (Å²) in [6.45, 7) is 3.47. The van der Waals surface area contributed by atoms with Crippen LogP contribution in [-0.2, 0) is 14.3 Å². The van der Waals surface area contributed by atoms with Crippen molar-refractivity contribution in [2.75, 3.05) is 46.0 Å². The molecular weight excluding hydrogens is 334 g/mol. The van der Waals surface area contributed by atoms with Crippen molar-refractivity contribution in [3.8, 4) is 11.8 Å². The van der Waals surface area contributed by atoms with Gasteiger partial charge < -0.3 is 19.3 Å². The van der Waals surface area contributed by atoms with Crippen LogP contribution in [0.25, 0.3) is 0 Å². The molecule has 2 heterocycles. The molecule has 0 radical (unpaired) electrons. The molecule has 138 valence electrons. The minimum atomic E-state index is -0.138. The number of piperidine rings is 1. The van der Waals surface area contributed by atoms with Gasteiger partial charge in [-0.1, -0.05) is 0 Å². The van der Waals surface area contributed by atoms with Gasteiger partial charge in [0.25, 0.3) is 5.91 Å². The third-order valence-electron chi connectivity index (χ3n) is 4.79. The quantitative estimate of drug-likeness (QED) is 0.804. The van der Waals surface area contributed by atoms with Crippen LogP contribution in [0.5, 0.6) is 5.75 Å². The minimum absolute atomic E-state index is 0.0651. The summed E-state index contributed by atoms with van der Waals surface area (Å²) in [6.07, 6.45) is 1.64. The molecule has 26 heavy (non-hydrogen) atoms. The van der Waals surface area contributed by atoms with Crippen LogP contribution in [0.15, 0.2) is 24.3 Å². The van der Waals surface area contributed by atoms with E-state index in [1.807, 2.05) is 11.0 Å². The molecule has 2 aliphatic heterocycles. The average Bonchev–Trinajstić information content (AvgIpc) is 2.72. The molecular formula is C19H23N3O4. The summed E-state index contributed by atoms with van der Waals surface area (Å²) in [6, 6.07) is 8.69. The first-order valence-corrected chi connectivity index (χ1v) is 8.94. The van der Waals surface area contributed by atoms with Gasteiger partial charge in [-0.25, -0.2) is 0 Å². The van der Waals surface area contributed by atoms with Crippen molar-refractivity contribution in [1.29, 1.82) is 5.26 Å². The van der Waals surface area contributed by atoms with E-state index in [4.69, 9.17) is 14.7 Å². The topological polar surface area (TPSA) is 82.9 Å². The highest BCUT2D eigenvalue weighted by Crippen LogP contribution is 2.20. The van der Waals surface area contributed by atoms with Crippen LogP contribution < -0.4 is 4.74 Å². The highest BCUT2D eigenvalue weighted by Gasteiger charge is 2.31. The van der Waals surface area contributed by atoms with Gasteiger partial charge in [-0.2, -0.15) is 5.26 Å². The number of carbonyl (C=O) groups excluding carboxylic acids is 2. The lowest BCUT2D eigenvalue weighted by molar-refractivity contribution is -0.144. The smallest absolute Gasteiger partial charge is 0.260 e. The molecule has 2 saturated heterocycles. The fourth-order valence-electron chi connectivity index (χ4n) is 3.31. The van der Waals surface area contributed by atoms with E-state index in [-0.39, 0.29) is 24.3 Å². The maximum Gasteiger partial charge on any atom is 0.260 e. The molecule has 0 aliphatic carbocycles. The van der Waals surface area contributed by atoms with E-state index in [0.29, 0.717) is 50.7 Å². The van der Waals surface area contributed by atoms with Crippen LogP contribution in [0, 0.1) is 17.2 Å². The summed E-state index contributed by atoms with van der Waals surface area (Å²) < 4.78 is 10.8. The van der Waals surface area contributed by atoms with Gasteiger partial charge in [0.05, 0.1) is 30.8 Å². The van der Waals surface area contributed by atoms with E-state index in [0.717, 1.165) is 12.8 Å². The number of hydrogen-bond acceptors (Lipinski definition) is 5. The van der Waals surface area contributed by atoms with Gasteiger partial charge in [0, 0.05) is 26.2 Å². The second kappa shape index (κ2) is 8.68.